The lowest BCUT2D eigenvalue weighted by atomic mass is 9.70. The number of hydrogen-bond donors (Lipinski definition) is 2. The van der Waals surface area contributed by atoms with Crippen molar-refractivity contribution in [3.63, 3.8) is 0 Å². The third-order valence-electron chi connectivity index (χ3n) is 3.62. The minimum Gasteiger partial charge on any atom is -0.396 e. The molecule has 2 fully saturated rings. The summed E-state index contributed by atoms with van der Waals surface area (Å²) >= 11 is 0. The smallest absolute Gasteiger partial charge is 0.220 e. The van der Waals surface area contributed by atoms with E-state index in [9.17, 15) is 4.79 Å². The molecule has 0 aromatic carbocycles. The van der Waals surface area contributed by atoms with E-state index in [2.05, 4.69) is 5.32 Å². The molecule has 1 spiro atoms. The molecule has 1 heterocycles. The fourth-order valence-electron chi connectivity index (χ4n) is 2.58. The molecule has 2 aliphatic rings. The fraction of sp³-hybridized carbons (Fsp3) is 0.900. The lowest BCUT2D eigenvalue weighted by Gasteiger charge is -2.35. The van der Waals surface area contributed by atoms with Crippen LogP contribution in [0, 0.1) is 11.3 Å². The van der Waals surface area contributed by atoms with Gasteiger partial charge in [-0.15, -0.1) is 0 Å². The zero-order chi connectivity index (χ0) is 9.31. The SMILES string of the molecule is O=C1CC2(CCC(CO)CC2)CN1. The molecule has 3 heteroatoms. The van der Waals surface area contributed by atoms with Gasteiger partial charge in [0.15, 0.2) is 0 Å². The maximum absolute atomic E-state index is 11.1. The third kappa shape index (κ3) is 1.70. The number of aliphatic hydroxyl groups excluding tert-OH is 1. The first-order valence-electron chi connectivity index (χ1n) is 5.12. The fourth-order valence-corrected chi connectivity index (χ4v) is 2.58. The monoisotopic (exact) mass is 183 g/mol. The van der Waals surface area contributed by atoms with E-state index in [0.717, 1.165) is 32.2 Å². The number of rotatable bonds is 1. The Balaban J connectivity index is 1.93. The number of carbonyl (C=O) groups is 1. The number of carbonyl (C=O) groups excluding carboxylic acids is 1. The standard InChI is InChI=1S/C10H17NO2/c12-6-8-1-3-10(4-2-8)5-9(13)11-7-10/h8,12H,1-7H2,(H,11,13). The molecule has 0 unspecified atom stereocenters. The molecule has 2 N–H and O–H groups in total. The summed E-state index contributed by atoms with van der Waals surface area (Å²) in [6.07, 6.45) is 5.11. The number of hydrogen-bond acceptors (Lipinski definition) is 2. The van der Waals surface area contributed by atoms with Crippen LogP contribution in [-0.2, 0) is 4.79 Å². The van der Waals surface area contributed by atoms with E-state index in [-0.39, 0.29) is 11.3 Å². The second-order valence-corrected chi connectivity index (χ2v) is 4.58. The maximum Gasteiger partial charge on any atom is 0.220 e. The Bertz CT molecular complexity index is 207. The van der Waals surface area contributed by atoms with Gasteiger partial charge in [-0.25, -0.2) is 0 Å². The van der Waals surface area contributed by atoms with Crippen LogP contribution >= 0.6 is 0 Å². The Morgan fingerprint density at radius 2 is 2.15 bits per heavy atom. The molecule has 0 bridgehead atoms. The Morgan fingerprint density at radius 3 is 2.62 bits per heavy atom. The first-order chi connectivity index (χ1) is 6.24. The van der Waals surface area contributed by atoms with Gasteiger partial charge >= 0.3 is 0 Å². The molecule has 0 atom stereocenters. The second kappa shape index (κ2) is 3.29. The van der Waals surface area contributed by atoms with Crippen LogP contribution in [0.2, 0.25) is 0 Å². The van der Waals surface area contributed by atoms with Crippen LogP contribution in [0.4, 0.5) is 0 Å². The second-order valence-electron chi connectivity index (χ2n) is 4.58. The van der Waals surface area contributed by atoms with Gasteiger partial charge in [-0.05, 0) is 37.0 Å². The molecule has 1 aliphatic heterocycles. The maximum atomic E-state index is 11.1. The van der Waals surface area contributed by atoms with Crippen LogP contribution in [0.15, 0.2) is 0 Å². The van der Waals surface area contributed by atoms with E-state index in [0.29, 0.717) is 18.9 Å². The minimum absolute atomic E-state index is 0.211. The van der Waals surface area contributed by atoms with Gasteiger partial charge in [0.1, 0.15) is 0 Å². The summed E-state index contributed by atoms with van der Waals surface area (Å²) in [6.45, 7) is 1.18. The summed E-state index contributed by atoms with van der Waals surface area (Å²) in [5, 5.41) is 11.9. The average molecular weight is 183 g/mol. The Labute approximate surface area is 78.5 Å². The van der Waals surface area contributed by atoms with E-state index >= 15 is 0 Å². The Kier molecular flexibility index (Phi) is 2.28. The van der Waals surface area contributed by atoms with Crippen molar-refractivity contribution in [2.45, 2.75) is 32.1 Å². The summed E-state index contributed by atoms with van der Waals surface area (Å²) < 4.78 is 0. The molecule has 2 rings (SSSR count). The van der Waals surface area contributed by atoms with E-state index < -0.39 is 0 Å². The molecule has 13 heavy (non-hydrogen) atoms. The Hall–Kier alpha value is -0.570. The molecule has 1 amide bonds. The van der Waals surface area contributed by atoms with Crippen molar-refractivity contribution in [2.24, 2.45) is 11.3 Å². The number of amides is 1. The lowest BCUT2D eigenvalue weighted by Crippen LogP contribution is -2.30. The summed E-state index contributed by atoms with van der Waals surface area (Å²) in [6, 6.07) is 0. The van der Waals surface area contributed by atoms with Gasteiger partial charge < -0.3 is 10.4 Å². The molecule has 3 nitrogen and oxygen atoms in total. The highest BCUT2D eigenvalue weighted by Gasteiger charge is 2.40. The van der Waals surface area contributed by atoms with Crippen molar-refractivity contribution >= 4 is 5.91 Å². The van der Waals surface area contributed by atoms with E-state index in [1.165, 1.54) is 0 Å². The number of aliphatic hydroxyl groups is 1. The van der Waals surface area contributed by atoms with Crippen molar-refractivity contribution in [3.8, 4) is 0 Å². The van der Waals surface area contributed by atoms with E-state index in [1.54, 1.807) is 0 Å². The Morgan fingerprint density at radius 1 is 1.46 bits per heavy atom. The van der Waals surface area contributed by atoms with E-state index in [4.69, 9.17) is 5.11 Å². The molecule has 74 valence electrons. The van der Waals surface area contributed by atoms with Gasteiger partial charge in [0, 0.05) is 19.6 Å². The van der Waals surface area contributed by atoms with Crippen LogP contribution in [0.25, 0.3) is 0 Å². The molecular formula is C10H17NO2. The minimum atomic E-state index is 0.211. The van der Waals surface area contributed by atoms with Crippen LogP contribution in [-0.4, -0.2) is 24.2 Å². The van der Waals surface area contributed by atoms with Gasteiger partial charge in [0.2, 0.25) is 5.91 Å². The molecule has 0 radical (unpaired) electrons. The van der Waals surface area contributed by atoms with Crippen molar-refractivity contribution < 1.29 is 9.90 Å². The highest BCUT2D eigenvalue weighted by molar-refractivity contribution is 5.79. The van der Waals surface area contributed by atoms with Crippen LogP contribution in [0.1, 0.15) is 32.1 Å². The zero-order valence-corrected chi connectivity index (χ0v) is 7.88. The van der Waals surface area contributed by atoms with Crippen molar-refractivity contribution in [3.05, 3.63) is 0 Å². The van der Waals surface area contributed by atoms with Crippen LogP contribution in [0.3, 0.4) is 0 Å². The highest BCUT2D eigenvalue weighted by Crippen LogP contribution is 2.43. The predicted octanol–water partition coefficient (Wildman–Crippen LogP) is 0.675. The van der Waals surface area contributed by atoms with Crippen molar-refractivity contribution in [2.75, 3.05) is 13.2 Å². The van der Waals surface area contributed by atoms with Crippen LogP contribution in [0.5, 0.6) is 0 Å². The number of nitrogens with one attached hydrogen (secondary N) is 1. The molecule has 1 saturated heterocycles. The summed E-state index contributed by atoms with van der Waals surface area (Å²) in [5.41, 5.74) is 0.253. The molecule has 0 aromatic rings. The van der Waals surface area contributed by atoms with Crippen molar-refractivity contribution in [1.82, 2.24) is 5.32 Å². The predicted molar refractivity (Wildman–Crippen MR) is 49.1 cm³/mol. The molecule has 0 aromatic heterocycles. The molecular weight excluding hydrogens is 166 g/mol. The van der Waals surface area contributed by atoms with Crippen LogP contribution < -0.4 is 5.32 Å². The topological polar surface area (TPSA) is 49.3 Å². The lowest BCUT2D eigenvalue weighted by molar-refractivity contribution is -0.119. The molecule has 1 aliphatic carbocycles. The summed E-state index contributed by atoms with van der Waals surface area (Å²) in [5.74, 6) is 0.698. The average Bonchev–Trinajstić information content (AvgIpc) is 2.49. The highest BCUT2D eigenvalue weighted by atomic mass is 16.3. The summed E-state index contributed by atoms with van der Waals surface area (Å²) in [7, 11) is 0. The first kappa shape index (κ1) is 9.00. The third-order valence-corrected chi connectivity index (χ3v) is 3.62. The quantitative estimate of drug-likeness (QED) is 0.628. The van der Waals surface area contributed by atoms with Gasteiger partial charge in [0.05, 0.1) is 0 Å². The summed E-state index contributed by atoms with van der Waals surface area (Å²) in [4.78, 5) is 11.1. The van der Waals surface area contributed by atoms with Gasteiger partial charge in [-0.2, -0.15) is 0 Å². The van der Waals surface area contributed by atoms with Crippen molar-refractivity contribution in [1.29, 1.82) is 0 Å². The van der Waals surface area contributed by atoms with Gasteiger partial charge in [0.25, 0.3) is 0 Å². The first-order valence-corrected chi connectivity index (χ1v) is 5.12. The molecule has 1 saturated carbocycles. The zero-order valence-electron chi connectivity index (χ0n) is 7.88. The van der Waals surface area contributed by atoms with Gasteiger partial charge in [-0.3, -0.25) is 4.79 Å². The van der Waals surface area contributed by atoms with E-state index in [1.807, 2.05) is 0 Å². The van der Waals surface area contributed by atoms with Gasteiger partial charge in [-0.1, -0.05) is 0 Å². The normalized spacial score (nSPS) is 39.5. The largest absolute Gasteiger partial charge is 0.396 e.